The van der Waals surface area contributed by atoms with Crippen molar-refractivity contribution in [1.29, 1.82) is 0 Å². The average Bonchev–Trinajstić information content (AvgIpc) is 2.66. The molecule has 2 aromatic rings. The quantitative estimate of drug-likeness (QED) is 0.292. The van der Waals surface area contributed by atoms with Crippen LogP contribution in [0.3, 0.4) is 0 Å². The van der Waals surface area contributed by atoms with E-state index in [0.717, 1.165) is 11.3 Å². The van der Waals surface area contributed by atoms with E-state index in [-0.39, 0.29) is 5.78 Å². The minimum atomic E-state index is -0.0177. The van der Waals surface area contributed by atoms with Gasteiger partial charge in [-0.15, -0.1) is 6.58 Å². The van der Waals surface area contributed by atoms with Gasteiger partial charge in [-0.3, -0.25) is 10.6 Å². The van der Waals surface area contributed by atoms with E-state index in [1.807, 2.05) is 32.9 Å². The van der Waals surface area contributed by atoms with Gasteiger partial charge in [0.1, 0.15) is 5.70 Å². The zero-order valence-electron chi connectivity index (χ0n) is 15.4. The van der Waals surface area contributed by atoms with Gasteiger partial charge in [0.05, 0.1) is 0 Å². The van der Waals surface area contributed by atoms with E-state index in [9.17, 15) is 4.79 Å². The fourth-order valence-electron chi connectivity index (χ4n) is 2.43. The van der Waals surface area contributed by atoms with E-state index in [2.05, 4.69) is 47.7 Å². The monoisotopic (exact) mass is 339 g/mol. The largest absolute Gasteiger partial charge is 0.383 e. The summed E-state index contributed by atoms with van der Waals surface area (Å²) in [6, 6.07) is 14.6. The summed E-state index contributed by atoms with van der Waals surface area (Å²) in [6.45, 7) is 10.1. The smallest absolute Gasteiger partial charge is 0.182 e. The average molecular weight is 339 g/mol. The molecular weight excluding hydrogens is 310 g/mol. The molecule has 0 unspecified atom stereocenters. The first-order valence-electron chi connectivity index (χ1n) is 8.69. The van der Waals surface area contributed by atoms with E-state index in [1.54, 1.807) is 6.08 Å². The molecule has 0 atom stereocenters. The number of nitrogens with two attached hydrogens (primary N) is 1. The molecule has 0 fully saturated rings. The van der Waals surface area contributed by atoms with E-state index in [4.69, 9.17) is 5.84 Å². The van der Waals surface area contributed by atoms with Crippen molar-refractivity contribution < 1.29 is 4.79 Å². The summed E-state index contributed by atoms with van der Waals surface area (Å²) in [5, 5.41) is 5.68. The number of fused-ring (bicyclic) bond motifs is 1. The lowest BCUT2D eigenvalue weighted by molar-refractivity contribution is -0.115. The van der Waals surface area contributed by atoms with Gasteiger partial charge in [-0.2, -0.15) is 0 Å². The topological polar surface area (TPSA) is 67.2 Å². The third-order valence-corrected chi connectivity index (χ3v) is 3.75. The van der Waals surface area contributed by atoms with Crippen molar-refractivity contribution in [2.24, 2.45) is 5.84 Å². The van der Waals surface area contributed by atoms with Crippen LogP contribution in [0.4, 0.5) is 0 Å². The maximum Gasteiger partial charge on any atom is 0.182 e. The second-order valence-corrected chi connectivity index (χ2v) is 5.43. The highest BCUT2D eigenvalue weighted by Crippen LogP contribution is 2.16. The molecule has 2 rings (SSSR count). The van der Waals surface area contributed by atoms with Crippen LogP contribution < -0.4 is 16.6 Å². The number of ketones is 1. The lowest BCUT2D eigenvalue weighted by Gasteiger charge is -2.13. The zero-order valence-corrected chi connectivity index (χ0v) is 15.4. The Morgan fingerprint density at radius 3 is 2.48 bits per heavy atom. The number of rotatable bonds is 8. The molecule has 0 bridgehead atoms. The van der Waals surface area contributed by atoms with Gasteiger partial charge >= 0.3 is 0 Å². The molecule has 0 aliphatic heterocycles. The number of hydrogen-bond donors (Lipinski definition) is 3. The van der Waals surface area contributed by atoms with Crippen molar-refractivity contribution in [3.8, 4) is 0 Å². The van der Waals surface area contributed by atoms with Crippen LogP contribution in [0, 0.1) is 0 Å². The molecule has 0 radical (unpaired) electrons. The molecule has 25 heavy (non-hydrogen) atoms. The number of carbonyl (C=O) groups excluding carboxylic acids is 1. The summed E-state index contributed by atoms with van der Waals surface area (Å²) >= 11 is 0. The van der Waals surface area contributed by atoms with Crippen molar-refractivity contribution in [2.75, 3.05) is 0 Å². The Bertz CT molecular complexity index is 735. The molecular formula is C21H29N3O. The normalized spacial score (nSPS) is 11.0. The molecule has 0 aliphatic rings. The van der Waals surface area contributed by atoms with Gasteiger partial charge in [-0.05, 0) is 35.7 Å². The fraction of sp³-hybridized carbons (Fsp3) is 0.286. The number of benzene rings is 2. The van der Waals surface area contributed by atoms with Gasteiger partial charge in [0, 0.05) is 18.7 Å². The third-order valence-electron chi connectivity index (χ3n) is 3.75. The standard InChI is InChI=1S/C19H23N3O.C2H6/c1-3-4-9-18(23)19(22-20)14(2)21-13-15-10-11-16-7-5-6-8-17(16)12-15;1-2/h3,5-8,10-12,21-22H,1,4,9,13,20H2,2H3;1-2H3/b19-14-;. The summed E-state index contributed by atoms with van der Waals surface area (Å²) in [7, 11) is 0. The van der Waals surface area contributed by atoms with Crippen LogP contribution in [0.2, 0.25) is 0 Å². The summed E-state index contributed by atoms with van der Waals surface area (Å²) in [6.07, 6.45) is 2.77. The molecule has 0 saturated heterocycles. The van der Waals surface area contributed by atoms with Crippen LogP contribution in [0.1, 0.15) is 39.2 Å². The molecule has 0 heterocycles. The summed E-state index contributed by atoms with van der Waals surface area (Å²) in [5.41, 5.74) is 4.83. The zero-order chi connectivity index (χ0) is 18.7. The second-order valence-electron chi connectivity index (χ2n) is 5.43. The predicted octanol–water partition coefficient (Wildman–Crippen LogP) is 4.19. The van der Waals surface area contributed by atoms with Crippen LogP contribution in [-0.4, -0.2) is 5.78 Å². The van der Waals surface area contributed by atoms with E-state index >= 15 is 0 Å². The fourth-order valence-corrected chi connectivity index (χ4v) is 2.43. The SMILES string of the molecule is C=CCCC(=O)/C(NN)=C(\C)NCc1ccc2ccccc2c1.CC. The van der Waals surface area contributed by atoms with Crippen molar-refractivity contribution in [3.63, 3.8) is 0 Å². The maximum atomic E-state index is 12.1. The van der Waals surface area contributed by atoms with Gasteiger partial charge < -0.3 is 10.7 Å². The molecule has 0 spiro atoms. The first-order chi connectivity index (χ1) is 12.2. The predicted molar refractivity (Wildman–Crippen MR) is 107 cm³/mol. The number of carbonyl (C=O) groups is 1. The molecule has 4 nitrogen and oxygen atoms in total. The Morgan fingerprint density at radius 2 is 1.84 bits per heavy atom. The summed E-state index contributed by atoms with van der Waals surface area (Å²) in [5.74, 6) is 5.48. The number of hydrazine groups is 1. The summed E-state index contributed by atoms with van der Waals surface area (Å²) < 4.78 is 0. The van der Waals surface area contributed by atoms with Crippen molar-refractivity contribution in [1.82, 2.24) is 10.7 Å². The number of nitrogens with one attached hydrogen (secondary N) is 2. The molecule has 4 N–H and O–H groups in total. The lowest BCUT2D eigenvalue weighted by Crippen LogP contribution is -2.31. The van der Waals surface area contributed by atoms with Crippen LogP contribution >= 0.6 is 0 Å². The van der Waals surface area contributed by atoms with Crippen molar-refractivity contribution >= 4 is 16.6 Å². The van der Waals surface area contributed by atoms with Gasteiger partial charge in [0.2, 0.25) is 0 Å². The molecule has 0 aromatic heterocycles. The van der Waals surface area contributed by atoms with Crippen LogP contribution in [0.5, 0.6) is 0 Å². The molecule has 2 aromatic carbocycles. The van der Waals surface area contributed by atoms with Crippen molar-refractivity contribution in [3.05, 3.63) is 72.1 Å². The Morgan fingerprint density at radius 1 is 1.16 bits per heavy atom. The molecule has 0 aliphatic carbocycles. The van der Waals surface area contributed by atoms with Gasteiger partial charge in [-0.25, -0.2) is 0 Å². The highest BCUT2D eigenvalue weighted by atomic mass is 16.1. The minimum absolute atomic E-state index is 0.0177. The highest BCUT2D eigenvalue weighted by molar-refractivity contribution is 5.95. The Kier molecular flexibility index (Phi) is 9.04. The van der Waals surface area contributed by atoms with Crippen molar-refractivity contribution in [2.45, 2.75) is 40.2 Å². The van der Waals surface area contributed by atoms with Gasteiger partial charge in [-0.1, -0.05) is 56.3 Å². The molecule has 4 heteroatoms. The van der Waals surface area contributed by atoms with Crippen LogP contribution in [-0.2, 0) is 11.3 Å². The Labute approximate surface area is 150 Å². The molecule has 0 saturated carbocycles. The number of allylic oxidation sites excluding steroid dienone is 3. The maximum absolute atomic E-state index is 12.1. The Hall–Kier alpha value is -2.59. The van der Waals surface area contributed by atoms with Gasteiger partial charge in [0.25, 0.3) is 0 Å². The highest BCUT2D eigenvalue weighted by Gasteiger charge is 2.11. The lowest BCUT2D eigenvalue weighted by atomic mass is 10.1. The third kappa shape index (κ3) is 6.08. The van der Waals surface area contributed by atoms with E-state index < -0.39 is 0 Å². The first-order valence-corrected chi connectivity index (χ1v) is 8.69. The van der Waals surface area contributed by atoms with Crippen LogP contribution in [0.15, 0.2) is 66.5 Å². The molecule has 0 amide bonds. The second kappa shape index (κ2) is 11.0. The minimum Gasteiger partial charge on any atom is -0.383 e. The van der Waals surface area contributed by atoms with E-state index in [0.29, 0.717) is 25.1 Å². The first kappa shape index (κ1) is 20.5. The Balaban J connectivity index is 0.00000151. The number of Topliss-reactive ketones (excluding diaryl/α,β-unsaturated/α-hetero) is 1. The molecule has 134 valence electrons. The number of hydrogen-bond acceptors (Lipinski definition) is 4. The van der Waals surface area contributed by atoms with Crippen LogP contribution in [0.25, 0.3) is 10.8 Å². The van der Waals surface area contributed by atoms with Gasteiger partial charge in [0.15, 0.2) is 5.78 Å². The van der Waals surface area contributed by atoms with E-state index in [1.165, 1.54) is 10.8 Å². The summed E-state index contributed by atoms with van der Waals surface area (Å²) in [4.78, 5) is 12.1.